The molecule has 0 radical (unpaired) electrons. The van der Waals surface area contributed by atoms with Gasteiger partial charge in [0, 0.05) is 26.2 Å². The van der Waals surface area contributed by atoms with E-state index in [9.17, 15) is 4.79 Å². The van der Waals surface area contributed by atoms with Gasteiger partial charge in [-0.2, -0.15) is 0 Å². The lowest BCUT2D eigenvalue weighted by Gasteiger charge is -2.20. The van der Waals surface area contributed by atoms with Crippen molar-refractivity contribution in [3.8, 4) is 0 Å². The second-order valence-corrected chi connectivity index (χ2v) is 7.00. The fourth-order valence-electron chi connectivity index (χ4n) is 2.19. The maximum absolute atomic E-state index is 11.6. The predicted octanol–water partition coefficient (Wildman–Crippen LogP) is 3.32. The zero-order valence-corrected chi connectivity index (χ0v) is 18.8. The fraction of sp³-hybridized carbons (Fsp3) is 0.579. The summed E-state index contributed by atoms with van der Waals surface area (Å²) in [6.07, 6.45) is 1.63. The van der Waals surface area contributed by atoms with E-state index in [1.807, 2.05) is 26.8 Å². The summed E-state index contributed by atoms with van der Waals surface area (Å²) in [6, 6.07) is 10.7. The van der Waals surface area contributed by atoms with E-state index in [2.05, 4.69) is 52.1 Å². The Morgan fingerprint density at radius 1 is 1.15 bits per heavy atom. The number of nitrogens with zero attached hydrogens (tertiary/aromatic N) is 1. The number of rotatable bonds is 7. The number of guanidine groups is 1. The highest BCUT2D eigenvalue weighted by Gasteiger charge is 2.15. The van der Waals surface area contributed by atoms with Gasteiger partial charge in [-0.25, -0.2) is 4.79 Å². The number of halogens is 1. The van der Waals surface area contributed by atoms with Gasteiger partial charge in [-0.15, -0.1) is 24.0 Å². The lowest BCUT2D eigenvalue weighted by Crippen LogP contribution is -2.45. The third-order valence-electron chi connectivity index (χ3n) is 3.40. The molecule has 26 heavy (non-hydrogen) atoms. The maximum Gasteiger partial charge on any atom is 0.407 e. The number of hydrogen-bond donors (Lipinski definition) is 3. The Hall–Kier alpha value is -1.51. The van der Waals surface area contributed by atoms with Crippen molar-refractivity contribution < 1.29 is 9.53 Å². The largest absolute Gasteiger partial charge is 0.444 e. The molecule has 1 unspecified atom stereocenters. The van der Waals surface area contributed by atoms with Gasteiger partial charge in [0.25, 0.3) is 0 Å². The average Bonchev–Trinajstić information content (AvgIpc) is 2.55. The molecular formula is C19H33IN4O2. The Labute approximate surface area is 174 Å². The van der Waals surface area contributed by atoms with Crippen molar-refractivity contribution in [2.75, 3.05) is 20.1 Å². The van der Waals surface area contributed by atoms with E-state index < -0.39 is 11.7 Å². The Bertz CT molecular complexity index is 544. The molecule has 0 spiro atoms. The van der Waals surface area contributed by atoms with E-state index in [-0.39, 0.29) is 24.0 Å². The van der Waals surface area contributed by atoms with Crippen molar-refractivity contribution in [3.05, 3.63) is 35.9 Å². The Morgan fingerprint density at radius 3 is 2.35 bits per heavy atom. The first-order valence-corrected chi connectivity index (χ1v) is 8.78. The first-order chi connectivity index (χ1) is 11.8. The molecule has 6 nitrogen and oxygen atoms in total. The Balaban J connectivity index is 0.00000625. The quantitative estimate of drug-likeness (QED) is 0.244. The molecule has 3 N–H and O–H groups in total. The second kappa shape index (κ2) is 12.8. The van der Waals surface area contributed by atoms with Crippen molar-refractivity contribution in [2.45, 2.75) is 52.2 Å². The molecule has 1 rings (SSSR count). The number of amides is 1. The molecule has 0 heterocycles. The molecule has 0 aliphatic rings. The van der Waals surface area contributed by atoms with E-state index in [1.54, 1.807) is 7.05 Å². The number of aryl methyl sites for hydroxylation is 1. The molecule has 0 saturated heterocycles. The Kier molecular flexibility index (Phi) is 12.0. The number of aliphatic imine (C=N–C) groups is 1. The van der Waals surface area contributed by atoms with Gasteiger partial charge in [0.15, 0.2) is 5.96 Å². The monoisotopic (exact) mass is 476 g/mol. The van der Waals surface area contributed by atoms with Crippen LogP contribution in [0.1, 0.15) is 39.7 Å². The third-order valence-corrected chi connectivity index (χ3v) is 3.40. The maximum atomic E-state index is 11.6. The molecule has 0 bridgehead atoms. The summed E-state index contributed by atoms with van der Waals surface area (Å²) in [4.78, 5) is 15.8. The smallest absolute Gasteiger partial charge is 0.407 e. The van der Waals surface area contributed by atoms with Crippen LogP contribution in [0.15, 0.2) is 35.3 Å². The van der Waals surface area contributed by atoms with Gasteiger partial charge in [0.1, 0.15) is 5.60 Å². The van der Waals surface area contributed by atoms with E-state index >= 15 is 0 Å². The van der Waals surface area contributed by atoms with Gasteiger partial charge in [-0.3, -0.25) is 4.99 Å². The number of nitrogens with one attached hydrogen (secondary N) is 3. The van der Waals surface area contributed by atoms with Crippen LogP contribution in [0.2, 0.25) is 0 Å². The van der Waals surface area contributed by atoms with E-state index in [4.69, 9.17) is 4.74 Å². The summed E-state index contributed by atoms with van der Waals surface area (Å²) in [7, 11) is 1.74. The van der Waals surface area contributed by atoms with Crippen molar-refractivity contribution in [3.63, 3.8) is 0 Å². The van der Waals surface area contributed by atoms with Crippen LogP contribution in [0.25, 0.3) is 0 Å². The minimum Gasteiger partial charge on any atom is -0.444 e. The van der Waals surface area contributed by atoms with Crippen LogP contribution < -0.4 is 16.0 Å². The fourth-order valence-corrected chi connectivity index (χ4v) is 2.19. The second-order valence-electron chi connectivity index (χ2n) is 7.00. The van der Waals surface area contributed by atoms with Crippen LogP contribution in [0.4, 0.5) is 4.79 Å². The van der Waals surface area contributed by atoms with E-state index in [0.717, 1.165) is 18.8 Å². The molecule has 1 aromatic carbocycles. The summed E-state index contributed by atoms with van der Waals surface area (Å²) < 4.78 is 5.19. The van der Waals surface area contributed by atoms with Gasteiger partial charge in [-0.05, 0) is 46.1 Å². The topological polar surface area (TPSA) is 74.8 Å². The van der Waals surface area contributed by atoms with Gasteiger partial charge in [0.2, 0.25) is 0 Å². The summed E-state index contributed by atoms with van der Waals surface area (Å²) in [5.74, 6) is 0.728. The van der Waals surface area contributed by atoms with Crippen LogP contribution in [-0.4, -0.2) is 43.8 Å². The lowest BCUT2D eigenvalue weighted by atomic mass is 10.1. The van der Waals surface area contributed by atoms with E-state index in [1.165, 1.54) is 5.56 Å². The standard InChI is InChI=1S/C19H32N4O2.HI/c1-15(11-12-16-9-7-6-8-10-16)23-17(20-5)21-13-14-22-18(24)25-19(2,3)4;/h6-10,15H,11-14H2,1-5H3,(H,22,24)(H2,20,21,23);1H. The van der Waals surface area contributed by atoms with Crippen molar-refractivity contribution in [1.29, 1.82) is 0 Å². The van der Waals surface area contributed by atoms with E-state index in [0.29, 0.717) is 19.1 Å². The van der Waals surface area contributed by atoms with Crippen LogP contribution in [-0.2, 0) is 11.2 Å². The molecule has 1 aromatic rings. The highest BCUT2D eigenvalue weighted by molar-refractivity contribution is 14.0. The third kappa shape index (κ3) is 11.9. The minimum absolute atomic E-state index is 0. The molecule has 1 atom stereocenters. The normalized spacial score (nSPS) is 12.6. The van der Waals surface area contributed by atoms with Crippen LogP contribution in [0.5, 0.6) is 0 Å². The molecule has 7 heteroatoms. The number of benzene rings is 1. The molecule has 0 fully saturated rings. The molecule has 148 valence electrons. The minimum atomic E-state index is -0.483. The predicted molar refractivity (Wildman–Crippen MR) is 118 cm³/mol. The highest BCUT2D eigenvalue weighted by Crippen LogP contribution is 2.06. The van der Waals surface area contributed by atoms with Gasteiger partial charge >= 0.3 is 6.09 Å². The van der Waals surface area contributed by atoms with Gasteiger partial charge in [0.05, 0.1) is 0 Å². The number of hydrogen-bond acceptors (Lipinski definition) is 3. The number of carbonyl (C=O) groups excluding carboxylic acids is 1. The zero-order valence-electron chi connectivity index (χ0n) is 16.5. The van der Waals surface area contributed by atoms with Crippen LogP contribution in [0.3, 0.4) is 0 Å². The van der Waals surface area contributed by atoms with Crippen molar-refractivity contribution >= 4 is 36.0 Å². The summed E-state index contributed by atoms with van der Waals surface area (Å²) in [6.45, 7) is 8.70. The van der Waals surface area contributed by atoms with Crippen LogP contribution >= 0.6 is 24.0 Å². The van der Waals surface area contributed by atoms with Crippen LogP contribution in [0, 0.1) is 0 Å². The molecule has 0 aliphatic carbocycles. The zero-order chi connectivity index (χ0) is 18.7. The number of carbonyl (C=O) groups is 1. The summed E-state index contributed by atoms with van der Waals surface area (Å²) in [5.41, 5.74) is 0.851. The highest BCUT2D eigenvalue weighted by atomic mass is 127. The lowest BCUT2D eigenvalue weighted by molar-refractivity contribution is 0.0529. The van der Waals surface area contributed by atoms with Crippen molar-refractivity contribution in [2.24, 2.45) is 4.99 Å². The SMILES string of the molecule is CN=C(NCCNC(=O)OC(C)(C)C)NC(C)CCc1ccccc1.I. The van der Waals surface area contributed by atoms with Crippen molar-refractivity contribution in [1.82, 2.24) is 16.0 Å². The van der Waals surface area contributed by atoms with Gasteiger partial charge in [-0.1, -0.05) is 30.3 Å². The summed E-state index contributed by atoms with van der Waals surface area (Å²) in [5, 5.41) is 9.26. The molecule has 0 aromatic heterocycles. The molecule has 0 saturated carbocycles. The molecule has 1 amide bonds. The summed E-state index contributed by atoms with van der Waals surface area (Å²) >= 11 is 0. The molecular weight excluding hydrogens is 443 g/mol. The van der Waals surface area contributed by atoms with Gasteiger partial charge < -0.3 is 20.7 Å². The Morgan fingerprint density at radius 2 is 1.77 bits per heavy atom. The number of ether oxygens (including phenoxy) is 1. The first-order valence-electron chi connectivity index (χ1n) is 8.78. The molecule has 0 aliphatic heterocycles. The average molecular weight is 476 g/mol. The first kappa shape index (κ1) is 24.5. The number of alkyl carbamates (subject to hydrolysis) is 1.